The summed E-state index contributed by atoms with van der Waals surface area (Å²) < 4.78 is 5.91. The van der Waals surface area contributed by atoms with Crippen LogP contribution in [0.1, 0.15) is 23.2 Å². The van der Waals surface area contributed by atoms with Crippen LogP contribution in [0.25, 0.3) is 0 Å². The number of anilines is 1. The van der Waals surface area contributed by atoms with Gasteiger partial charge in [0.15, 0.2) is 0 Å². The molecule has 1 aliphatic heterocycles. The predicted octanol–water partition coefficient (Wildman–Crippen LogP) is 2.45. The van der Waals surface area contributed by atoms with E-state index in [4.69, 9.17) is 9.84 Å². The van der Waals surface area contributed by atoms with E-state index < -0.39 is 12.0 Å². The third-order valence-corrected chi connectivity index (χ3v) is 3.66. The van der Waals surface area contributed by atoms with Gasteiger partial charge in [-0.15, -0.1) is 0 Å². The summed E-state index contributed by atoms with van der Waals surface area (Å²) in [7, 11) is 0. The number of carbonyl (C=O) groups excluding carboxylic acids is 1. The number of carbonyl (C=O) groups is 2. The maximum atomic E-state index is 11.8. The van der Waals surface area contributed by atoms with Crippen molar-refractivity contribution < 1.29 is 19.4 Å². The molecule has 1 aromatic rings. The van der Waals surface area contributed by atoms with Crippen LogP contribution in [0.2, 0.25) is 0 Å². The van der Waals surface area contributed by atoms with Gasteiger partial charge in [-0.05, 0) is 40.9 Å². The van der Waals surface area contributed by atoms with Crippen LogP contribution >= 0.6 is 15.9 Å². The number of amides is 2. The molecule has 2 rings (SSSR count). The number of ether oxygens (including phenoxy) is 1. The topological polar surface area (TPSA) is 87.7 Å². The number of para-hydroxylation sites is 1. The lowest BCUT2D eigenvalue weighted by Crippen LogP contribution is -2.35. The molecule has 0 spiro atoms. The number of hydrogen-bond donors (Lipinski definition) is 3. The molecule has 0 saturated carbocycles. The van der Waals surface area contributed by atoms with Crippen LogP contribution < -0.4 is 10.6 Å². The largest absolute Gasteiger partial charge is 0.478 e. The summed E-state index contributed by atoms with van der Waals surface area (Å²) in [5.74, 6) is -1.10. The molecule has 1 atom stereocenters. The maximum absolute atomic E-state index is 11.8. The molecule has 20 heavy (non-hydrogen) atoms. The van der Waals surface area contributed by atoms with Crippen LogP contribution in [-0.4, -0.2) is 36.4 Å². The molecule has 1 heterocycles. The van der Waals surface area contributed by atoms with E-state index in [2.05, 4.69) is 26.6 Å². The summed E-state index contributed by atoms with van der Waals surface area (Å²) in [6.45, 7) is 1.14. The second kappa shape index (κ2) is 6.71. The minimum absolute atomic E-state index is 0.0339. The first-order chi connectivity index (χ1) is 9.58. The summed E-state index contributed by atoms with van der Waals surface area (Å²) in [5, 5.41) is 14.3. The van der Waals surface area contributed by atoms with Gasteiger partial charge in [0.25, 0.3) is 0 Å². The minimum atomic E-state index is -1.10. The van der Waals surface area contributed by atoms with Crippen LogP contribution in [0, 0.1) is 0 Å². The first kappa shape index (κ1) is 14.8. The molecule has 0 bridgehead atoms. The molecule has 1 aliphatic rings. The van der Waals surface area contributed by atoms with E-state index >= 15 is 0 Å². The number of urea groups is 1. The molecule has 3 N–H and O–H groups in total. The number of aromatic carboxylic acids is 1. The fourth-order valence-electron chi connectivity index (χ4n) is 2.00. The van der Waals surface area contributed by atoms with E-state index in [1.807, 2.05) is 0 Å². The van der Waals surface area contributed by atoms with Crippen molar-refractivity contribution in [2.75, 3.05) is 18.5 Å². The highest BCUT2D eigenvalue weighted by molar-refractivity contribution is 9.10. The number of hydrogen-bond acceptors (Lipinski definition) is 3. The smallest absolute Gasteiger partial charge is 0.337 e. The van der Waals surface area contributed by atoms with Gasteiger partial charge in [0, 0.05) is 17.6 Å². The number of benzene rings is 1. The molecular formula is C13H15BrN2O4. The van der Waals surface area contributed by atoms with E-state index in [-0.39, 0.29) is 17.4 Å². The Balaban J connectivity index is 1.98. The Bertz CT molecular complexity index is 515. The number of carboxylic acid groups (broad SMARTS) is 1. The Morgan fingerprint density at radius 3 is 2.90 bits per heavy atom. The van der Waals surface area contributed by atoms with E-state index in [1.165, 1.54) is 6.07 Å². The molecule has 1 fully saturated rings. The van der Waals surface area contributed by atoms with Crippen molar-refractivity contribution in [1.82, 2.24) is 5.32 Å². The summed E-state index contributed by atoms with van der Waals surface area (Å²) in [6, 6.07) is 4.25. The number of nitrogens with one attached hydrogen (secondary N) is 2. The normalized spacial score (nSPS) is 17.8. The van der Waals surface area contributed by atoms with Crippen molar-refractivity contribution >= 4 is 33.6 Å². The fourth-order valence-corrected chi connectivity index (χ4v) is 2.46. The van der Waals surface area contributed by atoms with Gasteiger partial charge in [0.05, 0.1) is 17.4 Å². The molecule has 7 heteroatoms. The summed E-state index contributed by atoms with van der Waals surface area (Å²) in [5.41, 5.74) is 0.275. The molecule has 0 aliphatic carbocycles. The summed E-state index contributed by atoms with van der Waals surface area (Å²) in [6.07, 6.45) is 1.97. The van der Waals surface area contributed by atoms with Gasteiger partial charge >= 0.3 is 12.0 Å². The second-order valence-electron chi connectivity index (χ2n) is 4.44. The zero-order valence-corrected chi connectivity index (χ0v) is 12.3. The SMILES string of the molecule is O=C(NCC1CCCO1)Nc1c(Br)cccc1C(=O)O. The fraction of sp³-hybridized carbons (Fsp3) is 0.385. The predicted molar refractivity (Wildman–Crippen MR) is 77.1 cm³/mol. The molecular weight excluding hydrogens is 328 g/mol. The standard InChI is InChI=1S/C13H15BrN2O4/c14-10-5-1-4-9(12(17)18)11(10)16-13(19)15-7-8-3-2-6-20-8/h1,4-5,8H,2-3,6-7H2,(H,17,18)(H2,15,16,19). The summed E-state index contributed by atoms with van der Waals surface area (Å²) >= 11 is 3.23. The Labute approximate surface area is 124 Å². The van der Waals surface area contributed by atoms with Crippen LogP contribution in [0.5, 0.6) is 0 Å². The highest BCUT2D eigenvalue weighted by atomic mass is 79.9. The molecule has 1 aromatic carbocycles. The maximum Gasteiger partial charge on any atom is 0.337 e. The minimum Gasteiger partial charge on any atom is -0.478 e. The van der Waals surface area contributed by atoms with Gasteiger partial charge in [-0.2, -0.15) is 0 Å². The lowest BCUT2D eigenvalue weighted by atomic mass is 10.2. The van der Waals surface area contributed by atoms with Crippen LogP contribution in [-0.2, 0) is 4.74 Å². The monoisotopic (exact) mass is 342 g/mol. The molecule has 2 amide bonds. The second-order valence-corrected chi connectivity index (χ2v) is 5.29. The van der Waals surface area contributed by atoms with Crippen molar-refractivity contribution in [3.05, 3.63) is 28.2 Å². The average Bonchev–Trinajstić information content (AvgIpc) is 2.91. The van der Waals surface area contributed by atoms with Gasteiger partial charge in [-0.25, -0.2) is 9.59 Å². The zero-order chi connectivity index (χ0) is 14.5. The highest BCUT2D eigenvalue weighted by Gasteiger charge is 2.18. The Hall–Kier alpha value is -1.60. The van der Waals surface area contributed by atoms with Crippen molar-refractivity contribution in [2.45, 2.75) is 18.9 Å². The van der Waals surface area contributed by atoms with Crippen molar-refractivity contribution in [3.63, 3.8) is 0 Å². The molecule has 1 unspecified atom stereocenters. The average molecular weight is 343 g/mol. The van der Waals surface area contributed by atoms with Crippen molar-refractivity contribution in [2.24, 2.45) is 0 Å². The lowest BCUT2D eigenvalue weighted by Gasteiger charge is -2.13. The van der Waals surface area contributed by atoms with Gasteiger partial charge in [0.2, 0.25) is 0 Å². The van der Waals surface area contributed by atoms with Crippen molar-refractivity contribution in [3.8, 4) is 0 Å². The molecule has 1 saturated heterocycles. The Morgan fingerprint density at radius 1 is 1.45 bits per heavy atom. The van der Waals surface area contributed by atoms with E-state index in [1.54, 1.807) is 12.1 Å². The number of carboxylic acids is 1. The molecule has 0 radical (unpaired) electrons. The number of halogens is 1. The van der Waals surface area contributed by atoms with Crippen LogP contribution in [0.15, 0.2) is 22.7 Å². The van der Waals surface area contributed by atoms with Crippen molar-refractivity contribution in [1.29, 1.82) is 0 Å². The van der Waals surface area contributed by atoms with E-state index in [0.717, 1.165) is 19.4 Å². The third-order valence-electron chi connectivity index (χ3n) is 3.00. The van der Waals surface area contributed by atoms with E-state index in [0.29, 0.717) is 11.0 Å². The zero-order valence-electron chi connectivity index (χ0n) is 10.7. The van der Waals surface area contributed by atoms with E-state index in [9.17, 15) is 9.59 Å². The van der Waals surface area contributed by atoms with Crippen LogP contribution in [0.4, 0.5) is 10.5 Å². The Morgan fingerprint density at radius 2 is 2.25 bits per heavy atom. The Kier molecular flexibility index (Phi) is 4.97. The number of rotatable bonds is 4. The van der Waals surface area contributed by atoms with Gasteiger partial charge < -0.3 is 20.5 Å². The summed E-state index contributed by atoms with van der Waals surface area (Å²) in [4.78, 5) is 22.9. The van der Waals surface area contributed by atoms with Gasteiger partial charge in [-0.3, -0.25) is 0 Å². The molecule has 0 aromatic heterocycles. The third kappa shape index (κ3) is 3.71. The molecule has 108 valence electrons. The first-order valence-corrected chi connectivity index (χ1v) is 7.05. The van der Waals surface area contributed by atoms with Gasteiger partial charge in [-0.1, -0.05) is 6.07 Å². The molecule has 6 nitrogen and oxygen atoms in total. The quantitative estimate of drug-likeness (QED) is 0.784. The van der Waals surface area contributed by atoms with Crippen LogP contribution in [0.3, 0.4) is 0 Å². The van der Waals surface area contributed by atoms with Gasteiger partial charge in [0.1, 0.15) is 0 Å². The highest BCUT2D eigenvalue weighted by Crippen LogP contribution is 2.26. The lowest BCUT2D eigenvalue weighted by molar-refractivity contribution is 0.0698. The first-order valence-electron chi connectivity index (χ1n) is 6.26.